The lowest BCUT2D eigenvalue weighted by molar-refractivity contribution is 0.591. The predicted molar refractivity (Wildman–Crippen MR) is 85.6 cm³/mol. The first-order valence-corrected chi connectivity index (χ1v) is 8.49. The van der Waals surface area contributed by atoms with Crippen LogP contribution in [0.5, 0.6) is 0 Å². The molecule has 2 N–H and O–H groups in total. The normalized spacial score (nSPS) is 14.8. The Morgan fingerprint density at radius 2 is 2.14 bits per heavy atom. The number of nitrogens with two attached hydrogens (primary N) is 1. The van der Waals surface area contributed by atoms with Crippen molar-refractivity contribution in [3.8, 4) is 0 Å². The molecule has 0 atom stereocenters. The van der Waals surface area contributed by atoms with Crippen molar-refractivity contribution < 1.29 is 0 Å². The molecular formula is C16H22N4S. The first kappa shape index (κ1) is 14.6. The molecule has 0 bridgehead atoms. The molecule has 0 fully saturated rings. The maximum Gasteiger partial charge on any atom is 0.196 e. The second-order valence-corrected chi connectivity index (χ2v) is 6.62. The lowest BCUT2D eigenvalue weighted by atomic mass is 10.1. The van der Waals surface area contributed by atoms with E-state index in [0.717, 1.165) is 30.4 Å². The van der Waals surface area contributed by atoms with Gasteiger partial charge >= 0.3 is 0 Å². The van der Waals surface area contributed by atoms with Gasteiger partial charge in [0.25, 0.3) is 0 Å². The zero-order chi connectivity index (χ0) is 14.7. The summed E-state index contributed by atoms with van der Waals surface area (Å²) in [5.41, 5.74) is 8.34. The molecule has 0 aliphatic carbocycles. The van der Waals surface area contributed by atoms with Crippen molar-refractivity contribution in [3.05, 3.63) is 35.2 Å². The minimum absolute atomic E-state index is 0.676. The van der Waals surface area contributed by atoms with Crippen LogP contribution < -0.4 is 5.73 Å². The van der Waals surface area contributed by atoms with Crippen LogP contribution in [0.4, 0.5) is 0 Å². The first-order valence-electron chi connectivity index (χ1n) is 7.67. The maximum absolute atomic E-state index is 5.74. The standard InChI is InChI=1S/C16H22N4S/c1-12-6-7-14(13(11-12)8-9-17)21-16-19-18-15-5-3-2-4-10-20(15)16/h6-7,11H,2-5,8-10,17H2,1H3. The van der Waals surface area contributed by atoms with Crippen molar-refractivity contribution >= 4 is 11.8 Å². The van der Waals surface area contributed by atoms with Crippen LogP contribution in [0.25, 0.3) is 0 Å². The van der Waals surface area contributed by atoms with E-state index < -0.39 is 0 Å². The Kier molecular flexibility index (Phi) is 4.60. The number of fused-ring (bicyclic) bond motifs is 1. The van der Waals surface area contributed by atoms with Gasteiger partial charge in [0.2, 0.25) is 0 Å². The number of aryl methyl sites for hydroxylation is 2. The van der Waals surface area contributed by atoms with Gasteiger partial charge < -0.3 is 10.3 Å². The Labute approximate surface area is 130 Å². The van der Waals surface area contributed by atoms with Crippen molar-refractivity contribution in [2.24, 2.45) is 5.73 Å². The van der Waals surface area contributed by atoms with E-state index in [0.29, 0.717) is 6.54 Å². The highest BCUT2D eigenvalue weighted by molar-refractivity contribution is 7.99. The molecular weight excluding hydrogens is 280 g/mol. The van der Waals surface area contributed by atoms with Gasteiger partial charge in [0.05, 0.1) is 0 Å². The number of rotatable bonds is 4. The molecule has 1 aliphatic heterocycles. The fourth-order valence-electron chi connectivity index (χ4n) is 2.79. The fraction of sp³-hybridized carbons (Fsp3) is 0.500. The van der Waals surface area contributed by atoms with Gasteiger partial charge in [-0.1, -0.05) is 24.1 Å². The molecule has 5 heteroatoms. The molecule has 0 amide bonds. The largest absolute Gasteiger partial charge is 0.330 e. The van der Waals surface area contributed by atoms with Crippen LogP contribution in [-0.2, 0) is 19.4 Å². The highest BCUT2D eigenvalue weighted by Crippen LogP contribution is 2.31. The minimum atomic E-state index is 0.676. The summed E-state index contributed by atoms with van der Waals surface area (Å²) in [5, 5.41) is 9.80. The Morgan fingerprint density at radius 1 is 1.24 bits per heavy atom. The molecule has 0 spiro atoms. The average molecular weight is 302 g/mol. The quantitative estimate of drug-likeness (QED) is 0.943. The second-order valence-electron chi connectivity index (χ2n) is 5.61. The molecule has 1 aromatic heterocycles. The van der Waals surface area contributed by atoms with Crippen LogP contribution in [-0.4, -0.2) is 21.3 Å². The van der Waals surface area contributed by atoms with E-state index in [1.165, 1.54) is 35.3 Å². The summed E-state index contributed by atoms with van der Waals surface area (Å²) in [6, 6.07) is 6.57. The lowest BCUT2D eigenvalue weighted by Crippen LogP contribution is -2.05. The minimum Gasteiger partial charge on any atom is -0.330 e. The molecule has 1 aliphatic rings. The van der Waals surface area contributed by atoms with Crippen molar-refractivity contribution in [2.75, 3.05) is 6.54 Å². The van der Waals surface area contributed by atoms with E-state index in [2.05, 4.69) is 39.9 Å². The van der Waals surface area contributed by atoms with Gasteiger partial charge in [0, 0.05) is 17.9 Å². The molecule has 0 unspecified atom stereocenters. The molecule has 4 nitrogen and oxygen atoms in total. The summed E-state index contributed by atoms with van der Waals surface area (Å²) in [6.45, 7) is 3.84. The van der Waals surface area contributed by atoms with Crippen LogP contribution in [0.1, 0.15) is 36.2 Å². The van der Waals surface area contributed by atoms with E-state index in [1.807, 2.05) is 0 Å². The van der Waals surface area contributed by atoms with E-state index in [9.17, 15) is 0 Å². The molecule has 0 saturated carbocycles. The van der Waals surface area contributed by atoms with Gasteiger partial charge in [0.15, 0.2) is 5.16 Å². The summed E-state index contributed by atoms with van der Waals surface area (Å²) in [6.07, 6.45) is 5.70. The van der Waals surface area contributed by atoms with Crippen LogP contribution in [0.3, 0.4) is 0 Å². The van der Waals surface area contributed by atoms with Gasteiger partial charge in [-0.3, -0.25) is 0 Å². The molecule has 2 heterocycles. The Morgan fingerprint density at radius 3 is 3.00 bits per heavy atom. The summed E-state index contributed by atoms with van der Waals surface area (Å²) in [7, 11) is 0. The highest BCUT2D eigenvalue weighted by Gasteiger charge is 2.16. The molecule has 0 saturated heterocycles. The third-order valence-electron chi connectivity index (χ3n) is 3.91. The zero-order valence-corrected chi connectivity index (χ0v) is 13.3. The molecule has 2 aromatic rings. The van der Waals surface area contributed by atoms with E-state index in [1.54, 1.807) is 11.8 Å². The van der Waals surface area contributed by atoms with Crippen molar-refractivity contribution in [2.45, 2.75) is 55.6 Å². The van der Waals surface area contributed by atoms with E-state index >= 15 is 0 Å². The van der Waals surface area contributed by atoms with Crippen molar-refractivity contribution in [1.82, 2.24) is 14.8 Å². The predicted octanol–water partition coefficient (Wildman–Crippen LogP) is 2.97. The van der Waals surface area contributed by atoms with Gasteiger partial charge in [-0.2, -0.15) is 0 Å². The van der Waals surface area contributed by atoms with E-state index in [4.69, 9.17) is 5.73 Å². The third-order valence-corrected chi connectivity index (χ3v) is 5.01. The second kappa shape index (κ2) is 6.62. The molecule has 3 rings (SSSR count). The number of aromatic nitrogens is 3. The van der Waals surface area contributed by atoms with Crippen LogP contribution >= 0.6 is 11.8 Å². The summed E-state index contributed by atoms with van der Waals surface area (Å²) >= 11 is 1.73. The molecule has 1 aromatic carbocycles. The Bertz CT molecular complexity index is 621. The van der Waals surface area contributed by atoms with Gasteiger partial charge in [-0.15, -0.1) is 10.2 Å². The summed E-state index contributed by atoms with van der Waals surface area (Å²) < 4.78 is 2.30. The monoisotopic (exact) mass is 302 g/mol. The van der Waals surface area contributed by atoms with Gasteiger partial charge in [0.1, 0.15) is 5.82 Å². The van der Waals surface area contributed by atoms with Crippen LogP contribution in [0, 0.1) is 6.92 Å². The van der Waals surface area contributed by atoms with Crippen LogP contribution in [0.2, 0.25) is 0 Å². The fourth-order valence-corrected chi connectivity index (χ4v) is 3.80. The average Bonchev–Trinajstić information content (AvgIpc) is 2.70. The smallest absolute Gasteiger partial charge is 0.196 e. The molecule has 112 valence electrons. The summed E-state index contributed by atoms with van der Waals surface area (Å²) in [5.74, 6) is 1.14. The number of hydrogen-bond acceptors (Lipinski definition) is 4. The summed E-state index contributed by atoms with van der Waals surface area (Å²) in [4.78, 5) is 1.26. The topological polar surface area (TPSA) is 56.7 Å². The Hall–Kier alpha value is -1.33. The third kappa shape index (κ3) is 3.30. The maximum atomic E-state index is 5.74. The SMILES string of the molecule is Cc1ccc(Sc2nnc3n2CCCCC3)c(CCN)c1. The van der Waals surface area contributed by atoms with E-state index in [-0.39, 0.29) is 0 Å². The van der Waals surface area contributed by atoms with Crippen molar-refractivity contribution in [1.29, 1.82) is 0 Å². The number of nitrogens with zero attached hydrogens (tertiary/aromatic N) is 3. The number of benzene rings is 1. The van der Waals surface area contributed by atoms with Gasteiger partial charge in [-0.05, 0) is 56.1 Å². The molecule has 0 radical (unpaired) electrons. The van der Waals surface area contributed by atoms with Gasteiger partial charge in [-0.25, -0.2) is 0 Å². The van der Waals surface area contributed by atoms with Crippen LogP contribution in [0.15, 0.2) is 28.3 Å². The zero-order valence-electron chi connectivity index (χ0n) is 12.5. The highest BCUT2D eigenvalue weighted by atomic mass is 32.2. The Balaban J connectivity index is 1.88. The molecule has 21 heavy (non-hydrogen) atoms. The number of hydrogen-bond donors (Lipinski definition) is 1. The first-order chi connectivity index (χ1) is 10.3. The van der Waals surface area contributed by atoms with Crippen molar-refractivity contribution in [3.63, 3.8) is 0 Å². The lowest BCUT2D eigenvalue weighted by Gasteiger charge is -2.10.